The number of rotatable bonds is 1. The molecule has 0 atom stereocenters. The van der Waals surface area contributed by atoms with Crippen molar-refractivity contribution in [3.8, 4) is 0 Å². The van der Waals surface area contributed by atoms with Crippen LogP contribution in [0.1, 0.15) is 10.4 Å². The lowest BCUT2D eigenvalue weighted by Gasteiger charge is -1.95. The second kappa shape index (κ2) is 2.99. The summed E-state index contributed by atoms with van der Waals surface area (Å²) in [5, 5.41) is 0.309. The second-order valence-electron chi connectivity index (χ2n) is 2.89. The number of aldehydes is 1. The van der Waals surface area contributed by atoms with Gasteiger partial charge >= 0.3 is 5.76 Å². The summed E-state index contributed by atoms with van der Waals surface area (Å²) in [5.41, 5.74) is 1.25. The van der Waals surface area contributed by atoms with E-state index in [4.69, 9.17) is 16.0 Å². The number of aromatic nitrogens is 1. The van der Waals surface area contributed by atoms with Gasteiger partial charge in [-0.25, -0.2) is 4.79 Å². The molecule has 0 radical (unpaired) electrons. The molecule has 14 heavy (non-hydrogen) atoms. The van der Waals surface area contributed by atoms with Crippen LogP contribution in [0.5, 0.6) is 0 Å². The molecule has 0 bridgehead atoms. The Labute approximate surface area is 83.7 Å². The van der Waals surface area contributed by atoms with Crippen LogP contribution in [0, 0.1) is 0 Å². The number of fused-ring (bicyclic) bond motifs is 1. The van der Waals surface area contributed by atoms with E-state index < -0.39 is 5.76 Å². The molecule has 1 heterocycles. The summed E-state index contributed by atoms with van der Waals surface area (Å²) >= 11 is 5.80. The van der Waals surface area contributed by atoms with Crippen LogP contribution in [0.15, 0.2) is 21.3 Å². The highest BCUT2D eigenvalue weighted by atomic mass is 35.5. The van der Waals surface area contributed by atoms with Gasteiger partial charge in [0.2, 0.25) is 0 Å². The molecule has 1 aromatic carbocycles. The lowest BCUT2D eigenvalue weighted by atomic mass is 10.2. The fourth-order valence-corrected chi connectivity index (χ4v) is 1.46. The first-order chi connectivity index (χ1) is 6.63. The number of hydrogen-bond acceptors (Lipinski definition) is 3. The Kier molecular flexibility index (Phi) is 1.93. The summed E-state index contributed by atoms with van der Waals surface area (Å²) in [4.78, 5) is 21.7. The van der Waals surface area contributed by atoms with Gasteiger partial charge in [-0.1, -0.05) is 11.6 Å². The maximum Gasteiger partial charge on any atom is 0.419 e. The molecule has 0 saturated carbocycles. The highest BCUT2D eigenvalue weighted by Crippen LogP contribution is 2.21. The Balaban J connectivity index is 2.92. The van der Waals surface area contributed by atoms with E-state index in [1.807, 2.05) is 0 Å². The molecule has 2 rings (SSSR count). The van der Waals surface area contributed by atoms with Gasteiger partial charge in [-0.15, -0.1) is 0 Å². The predicted octanol–water partition coefficient (Wildman–Crippen LogP) is 1.60. The SMILES string of the molecule is Cn1c(=O)oc2cc(C=O)c(Cl)cc21. The van der Waals surface area contributed by atoms with Crippen molar-refractivity contribution >= 4 is 29.0 Å². The van der Waals surface area contributed by atoms with Gasteiger partial charge in [-0.05, 0) is 12.1 Å². The van der Waals surface area contributed by atoms with Crippen LogP contribution in [0.3, 0.4) is 0 Å². The molecular formula is C9H6ClNO3. The molecule has 0 saturated heterocycles. The number of hydrogen-bond donors (Lipinski definition) is 0. The fourth-order valence-electron chi connectivity index (χ4n) is 1.25. The topological polar surface area (TPSA) is 52.2 Å². The van der Waals surface area contributed by atoms with Crippen LogP contribution in [0.4, 0.5) is 0 Å². The third kappa shape index (κ3) is 1.15. The van der Waals surface area contributed by atoms with Crippen molar-refractivity contribution in [1.29, 1.82) is 0 Å². The molecule has 0 amide bonds. The van der Waals surface area contributed by atoms with Crippen LogP contribution in [0.25, 0.3) is 11.1 Å². The molecule has 72 valence electrons. The molecule has 0 N–H and O–H groups in total. The Hall–Kier alpha value is -1.55. The molecule has 0 spiro atoms. The van der Waals surface area contributed by atoms with E-state index in [1.165, 1.54) is 16.7 Å². The number of nitrogens with zero attached hydrogens (tertiary/aromatic N) is 1. The van der Waals surface area contributed by atoms with Crippen molar-refractivity contribution in [2.75, 3.05) is 0 Å². The molecule has 4 nitrogen and oxygen atoms in total. The van der Waals surface area contributed by atoms with Gasteiger partial charge in [0.15, 0.2) is 11.9 Å². The monoisotopic (exact) mass is 211 g/mol. The minimum absolute atomic E-state index is 0.309. The zero-order valence-electron chi connectivity index (χ0n) is 7.28. The first-order valence-electron chi connectivity index (χ1n) is 3.87. The van der Waals surface area contributed by atoms with Gasteiger partial charge in [0, 0.05) is 12.6 Å². The molecule has 0 aliphatic carbocycles. The van der Waals surface area contributed by atoms with Gasteiger partial charge in [0.1, 0.15) is 0 Å². The van der Waals surface area contributed by atoms with Crippen molar-refractivity contribution < 1.29 is 9.21 Å². The molecule has 5 heteroatoms. The van der Waals surface area contributed by atoms with Gasteiger partial charge in [-0.3, -0.25) is 9.36 Å². The zero-order valence-corrected chi connectivity index (χ0v) is 8.04. The van der Waals surface area contributed by atoms with E-state index >= 15 is 0 Å². The summed E-state index contributed by atoms with van der Waals surface area (Å²) < 4.78 is 6.22. The largest absolute Gasteiger partial charge is 0.419 e. The molecule has 0 aliphatic rings. The molecule has 0 fully saturated rings. The summed E-state index contributed by atoms with van der Waals surface area (Å²) in [6, 6.07) is 2.98. The highest BCUT2D eigenvalue weighted by molar-refractivity contribution is 6.33. The normalized spacial score (nSPS) is 10.7. The molecular weight excluding hydrogens is 206 g/mol. The molecule has 2 aromatic rings. The number of oxazole rings is 1. The first kappa shape index (κ1) is 9.02. The van der Waals surface area contributed by atoms with E-state index in [0.717, 1.165) is 0 Å². The van der Waals surface area contributed by atoms with E-state index in [9.17, 15) is 9.59 Å². The Morgan fingerprint density at radius 1 is 1.50 bits per heavy atom. The minimum atomic E-state index is -0.473. The third-order valence-corrected chi connectivity index (χ3v) is 2.37. The molecule has 1 aromatic heterocycles. The predicted molar refractivity (Wildman–Crippen MR) is 51.9 cm³/mol. The smallest absolute Gasteiger partial charge is 0.408 e. The van der Waals surface area contributed by atoms with Crippen molar-refractivity contribution in [3.63, 3.8) is 0 Å². The Bertz CT molecular complexity index is 567. The van der Waals surface area contributed by atoms with Gasteiger partial charge < -0.3 is 4.42 Å². The standard InChI is InChI=1S/C9H6ClNO3/c1-11-7-3-6(10)5(4-12)2-8(7)14-9(11)13/h2-4H,1H3. The number of benzene rings is 1. The van der Waals surface area contributed by atoms with Gasteiger partial charge in [0.05, 0.1) is 10.5 Å². The summed E-state index contributed by atoms with van der Waals surface area (Å²) in [5.74, 6) is -0.473. The summed E-state index contributed by atoms with van der Waals surface area (Å²) in [6.07, 6.45) is 0.620. The highest BCUT2D eigenvalue weighted by Gasteiger charge is 2.09. The van der Waals surface area contributed by atoms with Gasteiger partial charge in [0.25, 0.3) is 0 Å². The second-order valence-corrected chi connectivity index (χ2v) is 3.29. The van der Waals surface area contributed by atoms with Crippen LogP contribution >= 0.6 is 11.6 Å². The zero-order chi connectivity index (χ0) is 10.3. The summed E-state index contributed by atoms with van der Waals surface area (Å²) in [7, 11) is 1.57. The quantitative estimate of drug-likeness (QED) is 0.674. The fraction of sp³-hybridized carbons (Fsp3) is 0.111. The lowest BCUT2D eigenvalue weighted by molar-refractivity contribution is 0.112. The Morgan fingerprint density at radius 3 is 2.86 bits per heavy atom. The minimum Gasteiger partial charge on any atom is -0.408 e. The molecule has 0 unspecified atom stereocenters. The van der Waals surface area contributed by atoms with E-state index in [2.05, 4.69) is 0 Å². The van der Waals surface area contributed by atoms with Crippen LogP contribution in [0.2, 0.25) is 5.02 Å². The number of carbonyl (C=O) groups excluding carboxylic acids is 1. The van der Waals surface area contributed by atoms with Crippen LogP contribution in [-0.2, 0) is 7.05 Å². The van der Waals surface area contributed by atoms with Crippen molar-refractivity contribution in [3.05, 3.63) is 33.3 Å². The van der Waals surface area contributed by atoms with Crippen molar-refractivity contribution in [2.45, 2.75) is 0 Å². The van der Waals surface area contributed by atoms with E-state index in [-0.39, 0.29) is 0 Å². The average Bonchev–Trinajstić information content (AvgIpc) is 2.43. The summed E-state index contributed by atoms with van der Waals surface area (Å²) in [6.45, 7) is 0. The van der Waals surface area contributed by atoms with Crippen molar-refractivity contribution in [1.82, 2.24) is 4.57 Å². The maximum absolute atomic E-state index is 11.1. The number of carbonyl (C=O) groups is 1. The van der Waals surface area contributed by atoms with E-state index in [1.54, 1.807) is 7.05 Å². The third-order valence-electron chi connectivity index (χ3n) is 2.04. The number of halogens is 1. The molecule has 0 aliphatic heterocycles. The van der Waals surface area contributed by atoms with Crippen molar-refractivity contribution in [2.24, 2.45) is 7.05 Å². The average molecular weight is 212 g/mol. The van der Waals surface area contributed by atoms with Gasteiger partial charge in [-0.2, -0.15) is 0 Å². The van der Waals surface area contributed by atoms with Crippen LogP contribution in [-0.4, -0.2) is 10.9 Å². The number of aryl methyl sites for hydroxylation is 1. The maximum atomic E-state index is 11.1. The van der Waals surface area contributed by atoms with E-state index in [0.29, 0.717) is 28.0 Å². The Morgan fingerprint density at radius 2 is 2.21 bits per heavy atom. The first-order valence-corrected chi connectivity index (χ1v) is 4.25. The lowest BCUT2D eigenvalue weighted by Crippen LogP contribution is -2.08. The van der Waals surface area contributed by atoms with Crippen LogP contribution < -0.4 is 5.76 Å².